The summed E-state index contributed by atoms with van der Waals surface area (Å²) in [6, 6.07) is 7.10. The average molecular weight is 311 g/mol. The Morgan fingerprint density at radius 1 is 1.32 bits per heavy atom. The van der Waals surface area contributed by atoms with Gasteiger partial charge in [-0.3, -0.25) is 10.1 Å². The predicted octanol–water partition coefficient (Wildman–Crippen LogP) is 4.15. The van der Waals surface area contributed by atoms with Crippen LogP contribution >= 0.6 is 0 Å². The SMILES string of the molecule is Cc1ccnc(Nc2cccc(CC(F)(F)F)c2)c1[N+](=O)[O-]. The average Bonchev–Trinajstić information content (AvgIpc) is 2.36. The van der Waals surface area contributed by atoms with E-state index < -0.39 is 17.5 Å². The highest BCUT2D eigenvalue weighted by Gasteiger charge is 2.27. The Bertz CT molecular complexity index is 702. The minimum Gasteiger partial charge on any atom is -0.334 e. The smallest absolute Gasteiger partial charge is 0.334 e. The molecule has 0 aliphatic heterocycles. The van der Waals surface area contributed by atoms with E-state index in [1.54, 1.807) is 6.92 Å². The van der Waals surface area contributed by atoms with E-state index in [1.165, 1.54) is 36.5 Å². The van der Waals surface area contributed by atoms with E-state index >= 15 is 0 Å². The van der Waals surface area contributed by atoms with Crippen LogP contribution in [-0.2, 0) is 6.42 Å². The normalized spacial score (nSPS) is 11.3. The first kappa shape index (κ1) is 15.7. The molecule has 0 bridgehead atoms. The highest BCUT2D eigenvalue weighted by molar-refractivity contribution is 5.67. The largest absolute Gasteiger partial charge is 0.393 e. The molecule has 2 aromatic rings. The van der Waals surface area contributed by atoms with Crippen LogP contribution in [0.2, 0.25) is 0 Å². The Kier molecular flexibility index (Phi) is 4.30. The Hall–Kier alpha value is -2.64. The molecule has 1 aromatic heterocycles. The summed E-state index contributed by atoms with van der Waals surface area (Å²) in [4.78, 5) is 14.4. The third kappa shape index (κ3) is 3.94. The monoisotopic (exact) mass is 311 g/mol. The first-order valence-electron chi connectivity index (χ1n) is 6.29. The van der Waals surface area contributed by atoms with Crippen LogP contribution in [0.3, 0.4) is 0 Å². The molecule has 1 heterocycles. The lowest BCUT2D eigenvalue weighted by molar-refractivity contribution is -0.384. The molecule has 2 rings (SSSR count). The van der Waals surface area contributed by atoms with E-state index in [0.717, 1.165) is 0 Å². The molecule has 0 saturated heterocycles. The van der Waals surface area contributed by atoms with Crippen LogP contribution in [0.5, 0.6) is 0 Å². The van der Waals surface area contributed by atoms with Crippen molar-refractivity contribution >= 4 is 17.2 Å². The van der Waals surface area contributed by atoms with Crippen LogP contribution in [0.1, 0.15) is 11.1 Å². The van der Waals surface area contributed by atoms with E-state index in [-0.39, 0.29) is 17.1 Å². The Labute approximate surface area is 124 Å². The molecule has 0 aliphatic rings. The van der Waals surface area contributed by atoms with Gasteiger partial charge in [-0.2, -0.15) is 13.2 Å². The number of benzene rings is 1. The van der Waals surface area contributed by atoms with Crippen LogP contribution in [0, 0.1) is 17.0 Å². The number of pyridine rings is 1. The fraction of sp³-hybridized carbons (Fsp3) is 0.214. The van der Waals surface area contributed by atoms with E-state index in [9.17, 15) is 23.3 Å². The van der Waals surface area contributed by atoms with E-state index in [0.29, 0.717) is 11.3 Å². The summed E-state index contributed by atoms with van der Waals surface area (Å²) < 4.78 is 37.2. The summed E-state index contributed by atoms with van der Waals surface area (Å²) >= 11 is 0. The maximum Gasteiger partial charge on any atom is 0.393 e. The molecular weight excluding hydrogens is 299 g/mol. The van der Waals surface area contributed by atoms with Crippen LogP contribution in [0.4, 0.5) is 30.4 Å². The number of aryl methyl sites for hydroxylation is 1. The molecule has 116 valence electrons. The maximum atomic E-state index is 12.4. The van der Waals surface area contributed by atoms with Crippen molar-refractivity contribution in [3.63, 3.8) is 0 Å². The number of hydrogen-bond acceptors (Lipinski definition) is 4. The van der Waals surface area contributed by atoms with Gasteiger partial charge in [-0.05, 0) is 30.7 Å². The van der Waals surface area contributed by atoms with Gasteiger partial charge in [0.25, 0.3) is 0 Å². The molecule has 1 aromatic carbocycles. The molecule has 0 spiro atoms. The third-order valence-electron chi connectivity index (χ3n) is 2.90. The summed E-state index contributed by atoms with van der Waals surface area (Å²) in [5, 5.41) is 13.8. The zero-order valence-electron chi connectivity index (χ0n) is 11.5. The van der Waals surface area contributed by atoms with E-state index in [2.05, 4.69) is 10.3 Å². The molecule has 0 aliphatic carbocycles. The van der Waals surface area contributed by atoms with Gasteiger partial charge in [-0.15, -0.1) is 0 Å². The molecule has 0 unspecified atom stereocenters. The number of halogens is 3. The number of alkyl halides is 3. The molecule has 5 nitrogen and oxygen atoms in total. The molecule has 8 heteroatoms. The van der Waals surface area contributed by atoms with Crippen LogP contribution in [-0.4, -0.2) is 16.1 Å². The van der Waals surface area contributed by atoms with Crippen molar-refractivity contribution < 1.29 is 18.1 Å². The van der Waals surface area contributed by atoms with Gasteiger partial charge < -0.3 is 5.32 Å². The van der Waals surface area contributed by atoms with Gasteiger partial charge in [0.05, 0.1) is 11.3 Å². The van der Waals surface area contributed by atoms with Crippen molar-refractivity contribution in [2.75, 3.05) is 5.32 Å². The fourth-order valence-corrected chi connectivity index (χ4v) is 2.00. The maximum absolute atomic E-state index is 12.4. The van der Waals surface area contributed by atoms with E-state index in [1.807, 2.05) is 0 Å². The van der Waals surface area contributed by atoms with E-state index in [4.69, 9.17) is 0 Å². The second-order valence-electron chi connectivity index (χ2n) is 4.70. The third-order valence-corrected chi connectivity index (χ3v) is 2.90. The minimum atomic E-state index is -4.31. The second-order valence-corrected chi connectivity index (χ2v) is 4.70. The highest BCUT2D eigenvalue weighted by Crippen LogP contribution is 2.29. The molecular formula is C14H12F3N3O2. The topological polar surface area (TPSA) is 68.1 Å². The Balaban J connectivity index is 2.30. The first-order valence-corrected chi connectivity index (χ1v) is 6.29. The lowest BCUT2D eigenvalue weighted by atomic mass is 10.1. The van der Waals surface area contributed by atoms with Gasteiger partial charge in [-0.25, -0.2) is 4.98 Å². The first-order chi connectivity index (χ1) is 10.3. The molecule has 22 heavy (non-hydrogen) atoms. The molecule has 1 N–H and O–H groups in total. The number of nitro groups is 1. The van der Waals surface area contributed by atoms with Crippen molar-refractivity contribution in [2.24, 2.45) is 0 Å². The minimum absolute atomic E-state index is 0.00541. The van der Waals surface area contributed by atoms with Crippen LogP contribution in [0.15, 0.2) is 36.5 Å². The molecule has 0 atom stereocenters. The Morgan fingerprint density at radius 2 is 2.05 bits per heavy atom. The number of anilines is 2. The fourth-order valence-electron chi connectivity index (χ4n) is 2.00. The molecule has 0 amide bonds. The summed E-state index contributed by atoms with van der Waals surface area (Å²) in [7, 11) is 0. The van der Waals surface area contributed by atoms with Gasteiger partial charge >= 0.3 is 11.9 Å². The number of aromatic nitrogens is 1. The number of nitrogens with zero attached hydrogens (tertiary/aromatic N) is 2. The number of nitrogens with one attached hydrogen (secondary N) is 1. The van der Waals surface area contributed by atoms with Gasteiger partial charge in [0.1, 0.15) is 0 Å². The van der Waals surface area contributed by atoms with Crippen LogP contribution < -0.4 is 5.32 Å². The summed E-state index contributed by atoms with van der Waals surface area (Å²) in [6.45, 7) is 1.56. The zero-order chi connectivity index (χ0) is 16.3. The summed E-state index contributed by atoms with van der Waals surface area (Å²) in [5.74, 6) is -0.00541. The Morgan fingerprint density at radius 3 is 2.68 bits per heavy atom. The van der Waals surface area contributed by atoms with Gasteiger partial charge in [0, 0.05) is 17.4 Å². The highest BCUT2D eigenvalue weighted by atomic mass is 19.4. The number of hydrogen-bond donors (Lipinski definition) is 1. The molecule has 0 fully saturated rings. The number of rotatable bonds is 4. The van der Waals surface area contributed by atoms with Gasteiger partial charge in [0.2, 0.25) is 5.82 Å². The zero-order valence-corrected chi connectivity index (χ0v) is 11.5. The second kappa shape index (κ2) is 6.00. The lowest BCUT2D eigenvalue weighted by Crippen LogP contribution is -2.11. The van der Waals surface area contributed by atoms with Crippen molar-refractivity contribution in [2.45, 2.75) is 19.5 Å². The molecule has 0 radical (unpaired) electrons. The molecule has 0 saturated carbocycles. The van der Waals surface area contributed by atoms with Crippen molar-refractivity contribution in [3.05, 3.63) is 57.8 Å². The standard InChI is InChI=1S/C14H12F3N3O2/c1-9-5-6-18-13(12(9)20(21)22)19-11-4-2-3-10(7-11)8-14(15,16)17/h2-7H,8H2,1H3,(H,18,19). The van der Waals surface area contributed by atoms with Gasteiger partial charge in [0.15, 0.2) is 0 Å². The summed E-state index contributed by atoms with van der Waals surface area (Å²) in [5.41, 5.74) is 0.577. The van der Waals surface area contributed by atoms with Crippen molar-refractivity contribution in [3.8, 4) is 0 Å². The summed E-state index contributed by atoms with van der Waals surface area (Å²) in [6.07, 6.45) is -3.98. The van der Waals surface area contributed by atoms with Gasteiger partial charge in [-0.1, -0.05) is 12.1 Å². The lowest BCUT2D eigenvalue weighted by Gasteiger charge is -2.10. The predicted molar refractivity (Wildman–Crippen MR) is 75.1 cm³/mol. The van der Waals surface area contributed by atoms with Crippen molar-refractivity contribution in [1.82, 2.24) is 4.98 Å². The van der Waals surface area contributed by atoms with Crippen LogP contribution in [0.25, 0.3) is 0 Å². The quantitative estimate of drug-likeness (QED) is 0.680. The van der Waals surface area contributed by atoms with Crippen molar-refractivity contribution in [1.29, 1.82) is 0 Å².